The lowest BCUT2D eigenvalue weighted by Crippen LogP contribution is -2.05. The largest absolute Gasteiger partial charge is 0.354 e. The van der Waals surface area contributed by atoms with Gasteiger partial charge in [0.1, 0.15) is 0 Å². The smallest absolute Gasteiger partial charge is 0.223 e. The van der Waals surface area contributed by atoms with E-state index in [-0.39, 0.29) is 5.82 Å². The third-order valence-corrected chi connectivity index (χ3v) is 2.07. The van der Waals surface area contributed by atoms with Crippen LogP contribution in [0.4, 0.5) is 10.3 Å². The van der Waals surface area contributed by atoms with Gasteiger partial charge >= 0.3 is 0 Å². The Bertz CT molecular complexity index is 310. The average molecular weight is 181 g/mol. The zero-order chi connectivity index (χ0) is 9.26. The molecule has 1 fully saturated rings. The first-order chi connectivity index (χ1) is 6.31. The van der Waals surface area contributed by atoms with E-state index in [1.165, 1.54) is 6.20 Å². The quantitative estimate of drug-likeness (QED) is 0.774. The Kier molecular flexibility index (Phi) is 2.12. The van der Waals surface area contributed by atoms with E-state index in [1.807, 2.05) is 6.92 Å². The topological polar surface area (TPSA) is 37.8 Å². The summed E-state index contributed by atoms with van der Waals surface area (Å²) in [5, 5.41) is 2.97. The molecule has 0 spiro atoms. The number of halogens is 1. The van der Waals surface area contributed by atoms with Crippen LogP contribution in [0.3, 0.4) is 0 Å². The maximum atomic E-state index is 13.1. The van der Waals surface area contributed by atoms with E-state index in [1.54, 1.807) is 0 Å². The third-order valence-electron chi connectivity index (χ3n) is 2.07. The molecule has 0 unspecified atom stereocenters. The summed E-state index contributed by atoms with van der Waals surface area (Å²) in [5.74, 6) is 0.593. The number of rotatable bonds is 3. The zero-order valence-electron chi connectivity index (χ0n) is 7.55. The molecule has 1 saturated carbocycles. The molecule has 2 rings (SSSR count). The van der Waals surface area contributed by atoms with Gasteiger partial charge in [-0.25, -0.2) is 14.4 Å². The molecule has 0 saturated heterocycles. The lowest BCUT2D eigenvalue weighted by Gasteiger charge is -2.03. The van der Waals surface area contributed by atoms with Gasteiger partial charge in [-0.05, 0) is 19.8 Å². The van der Waals surface area contributed by atoms with E-state index in [9.17, 15) is 4.39 Å². The summed E-state index contributed by atoms with van der Waals surface area (Å²) < 4.78 is 13.1. The Morgan fingerprint density at radius 1 is 1.62 bits per heavy atom. The van der Waals surface area contributed by atoms with Gasteiger partial charge in [-0.1, -0.05) is 0 Å². The number of anilines is 1. The lowest BCUT2D eigenvalue weighted by molar-refractivity contribution is 0.592. The first-order valence-electron chi connectivity index (χ1n) is 4.57. The molecule has 1 aliphatic carbocycles. The monoisotopic (exact) mass is 181 g/mol. The van der Waals surface area contributed by atoms with Crippen LogP contribution < -0.4 is 5.32 Å². The molecule has 0 bridgehead atoms. The van der Waals surface area contributed by atoms with Crippen LogP contribution in [0.25, 0.3) is 0 Å². The normalized spacial score (nSPS) is 15.8. The van der Waals surface area contributed by atoms with E-state index < -0.39 is 0 Å². The van der Waals surface area contributed by atoms with Gasteiger partial charge in [-0.15, -0.1) is 0 Å². The van der Waals surface area contributed by atoms with Crippen molar-refractivity contribution in [1.29, 1.82) is 0 Å². The molecule has 13 heavy (non-hydrogen) atoms. The maximum absolute atomic E-state index is 13.1. The highest BCUT2D eigenvalue weighted by atomic mass is 19.1. The molecule has 1 aromatic heterocycles. The van der Waals surface area contributed by atoms with Crippen molar-refractivity contribution >= 4 is 5.95 Å². The van der Waals surface area contributed by atoms with Crippen LogP contribution in [0.1, 0.15) is 31.4 Å². The maximum Gasteiger partial charge on any atom is 0.223 e. The minimum atomic E-state index is -0.274. The number of aromatic nitrogens is 2. The second-order valence-corrected chi connectivity index (χ2v) is 3.23. The Morgan fingerprint density at radius 2 is 2.38 bits per heavy atom. The number of hydrogen-bond donors (Lipinski definition) is 1. The third kappa shape index (κ3) is 1.76. The van der Waals surface area contributed by atoms with Crippen LogP contribution in [0.2, 0.25) is 0 Å². The summed E-state index contributed by atoms with van der Waals surface area (Å²) in [7, 11) is 0. The standard InChI is InChI=1S/C9H12FN3/c1-2-11-9-12-5-7(10)8(13-9)6-3-4-6/h5-6H,2-4H2,1H3,(H,11,12,13). The van der Waals surface area contributed by atoms with E-state index in [4.69, 9.17) is 0 Å². The van der Waals surface area contributed by atoms with Crippen molar-refractivity contribution in [3.05, 3.63) is 17.7 Å². The molecule has 1 aliphatic rings. The molecule has 1 aromatic rings. The molecular weight excluding hydrogens is 169 g/mol. The highest BCUT2D eigenvalue weighted by Crippen LogP contribution is 2.40. The van der Waals surface area contributed by atoms with Crippen LogP contribution in [-0.2, 0) is 0 Å². The molecule has 3 nitrogen and oxygen atoms in total. The fourth-order valence-corrected chi connectivity index (χ4v) is 1.27. The second-order valence-electron chi connectivity index (χ2n) is 3.23. The van der Waals surface area contributed by atoms with E-state index in [0.717, 1.165) is 19.4 Å². The van der Waals surface area contributed by atoms with Crippen molar-refractivity contribution in [1.82, 2.24) is 9.97 Å². The highest BCUT2D eigenvalue weighted by molar-refractivity contribution is 5.28. The Labute approximate surface area is 76.4 Å². The van der Waals surface area contributed by atoms with Gasteiger partial charge in [0.15, 0.2) is 5.82 Å². The predicted octanol–water partition coefficient (Wildman–Crippen LogP) is 1.92. The van der Waals surface area contributed by atoms with Gasteiger partial charge in [0.25, 0.3) is 0 Å². The van der Waals surface area contributed by atoms with Crippen molar-refractivity contribution in [3.63, 3.8) is 0 Å². The fraction of sp³-hybridized carbons (Fsp3) is 0.556. The highest BCUT2D eigenvalue weighted by Gasteiger charge is 2.28. The first-order valence-corrected chi connectivity index (χ1v) is 4.57. The second kappa shape index (κ2) is 3.28. The Hall–Kier alpha value is -1.19. The molecule has 70 valence electrons. The van der Waals surface area contributed by atoms with Gasteiger partial charge in [0.05, 0.1) is 11.9 Å². The molecule has 0 radical (unpaired) electrons. The van der Waals surface area contributed by atoms with Crippen molar-refractivity contribution in [2.24, 2.45) is 0 Å². The Balaban J connectivity index is 2.25. The molecule has 0 atom stereocenters. The van der Waals surface area contributed by atoms with Crippen molar-refractivity contribution in [2.45, 2.75) is 25.7 Å². The van der Waals surface area contributed by atoms with Gasteiger partial charge in [-0.3, -0.25) is 0 Å². The van der Waals surface area contributed by atoms with Crippen molar-refractivity contribution < 1.29 is 4.39 Å². The fourth-order valence-electron chi connectivity index (χ4n) is 1.27. The zero-order valence-corrected chi connectivity index (χ0v) is 7.55. The van der Waals surface area contributed by atoms with Gasteiger partial charge in [0.2, 0.25) is 5.95 Å². The van der Waals surface area contributed by atoms with E-state index in [2.05, 4.69) is 15.3 Å². The van der Waals surface area contributed by atoms with Crippen LogP contribution in [-0.4, -0.2) is 16.5 Å². The number of nitrogens with one attached hydrogen (secondary N) is 1. The summed E-state index contributed by atoms with van der Waals surface area (Å²) in [5.41, 5.74) is 0.575. The van der Waals surface area contributed by atoms with Gasteiger partial charge < -0.3 is 5.32 Å². The minimum Gasteiger partial charge on any atom is -0.354 e. The van der Waals surface area contributed by atoms with Gasteiger partial charge in [0, 0.05) is 12.5 Å². The van der Waals surface area contributed by atoms with Crippen LogP contribution >= 0.6 is 0 Å². The van der Waals surface area contributed by atoms with E-state index >= 15 is 0 Å². The first kappa shape index (κ1) is 8.41. The molecule has 0 aromatic carbocycles. The summed E-state index contributed by atoms with van der Waals surface area (Å²) in [4.78, 5) is 7.97. The summed E-state index contributed by atoms with van der Waals surface area (Å²) in [6, 6.07) is 0. The van der Waals surface area contributed by atoms with Crippen LogP contribution in [0, 0.1) is 5.82 Å². The molecule has 0 aliphatic heterocycles. The van der Waals surface area contributed by atoms with Crippen LogP contribution in [0.5, 0.6) is 0 Å². The molecule has 4 heteroatoms. The van der Waals surface area contributed by atoms with Crippen molar-refractivity contribution in [3.8, 4) is 0 Å². The summed E-state index contributed by atoms with van der Waals surface area (Å²) in [6.45, 7) is 2.72. The number of nitrogens with zero attached hydrogens (tertiary/aromatic N) is 2. The summed E-state index contributed by atoms with van der Waals surface area (Å²) in [6.07, 6.45) is 3.36. The molecule has 0 amide bonds. The SMILES string of the molecule is CCNc1ncc(F)c(C2CC2)n1. The van der Waals surface area contributed by atoms with E-state index in [0.29, 0.717) is 17.6 Å². The number of hydrogen-bond acceptors (Lipinski definition) is 3. The van der Waals surface area contributed by atoms with Gasteiger partial charge in [-0.2, -0.15) is 0 Å². The van der Waals surface area contributed by atoms with Crippen molar-refractivity contribution in [2.75, 3.05) is 11.9 Å². The minimum absolute atomic E-state index is 0.274. The molecule has 1 heterocycles. The summed E-state index contributed by atoms with van der Waals surface area (Å²) >= 11 is 0. The predicted molar refractivity (Wildman–Crippen MR) is 48.1 cm³/mol. The Morgan fingerprint density at radius 3 is 3.00 bits per heavy atom. The lowest BCUT2D eigenvalue weighted by atomic mass is 10.3. The molecular formula is C9H12FN3. The molecule has 1 N–H and O–H groups in total. The average Bonchev–Trinajstić information content (AvgIpc) is 2.92. The van der Waals surface area contributed by atoms with Crippen LogP contribution in [0.15, 0.2) is 6.20 Å².